The molecule has 1 atom stereocenters. The molecule has 3 heteroatoms. The van der Waals surface area contributed by atoms with Gasteiger partial charge in [0.1, 0.15) is 5.54 Å². The average Bonchev–Trinajstić information content (AvgIpc) is 2.34. The summed E-state index contributed by atoms with van der Waals surface area (Å²) in [4.78, 5) is 12.1. The molecule has 18 heavy (non-hydrogen) atoms. The van der Waals surface area contributed by atoms with E-state index in [1.54, 1.807) is 0 Å². The number of rotatable bonds is 5. The van der Waals surface area contributed by atoms with E-state index in [2.05, 4.69) is 5.32 Å². The predicted octanol–water partition coefficient (Wildman–Crippen LogP) is 3.03. The lowest BCUT2D eigenvalue weighted by molar-refractivity contribution is -0.149. The van der Waals surface area contributed by atoms with E-state index in [0.717, 1.165) is 6.42 Å². The van der Waals surface area contributed by atoms with Gasteiger partial charge in [0.25, 0.3) is 0 Å². The van der Waals surface area contributed by atoms with E-state index >= 15 is 0 Å². The molecular formula is C15H27NO2. The summed E-state index contributed by atoms with van der Waals surface area (Å²) in [5, 5.41) is 3.61. The van der Waals surface area contributed by atoms with E-state index in [1.807, 2.05) is 6.92 Å². The summed E-state index contributed by atoms with van der Waals surface area (Å²) in [7, 11) is 1.50. The van der Waals surface area contributed by atoms with Crippen molar-refractivity contribution in [3.63, 3.8) is 0 Å². The van der Waals surface area contributed by atoms with E-state index in [9.17, 15) is 4.79 Å². The van der Waals surface area contributed by atoms with Crippen molar-refractivity contribution in [2.45, 2.75) is 76.3 Å². The fraction of sp³-hybridized carbons (Fsp3) is 0.933. The molecule has 2 aliphatic carbocycles. The van der Waals surface area contributed by atoms with Crippen molar-refractivity contribution in [1.29, 1.82) is 0 Å². The average molecular weight is 253 g/mol. The topological polar surface area (TPSA) is 38.3 Å². The van der Waals surface area contributed by atoms with Crippen molar-refractivity contribution in [2.24, 2.45) is 5.92 Å². The summed E-state index contributed by atoms with van der Waals surface area (Å²) < 4.78 is 5.02. The molecule has 0 spiro atoms. The second-order valence-corrected chi connectivity index (χ2v) is 6.30. The first-order chi connectivity index (χ1) is 8.64. The zero-order valence-corrected chi connectivity index (χ0v) is 11.8. The third kappa shape index (κ3) is 3.25. The number of hydrogen-bond acceptors (Lipinski definition) is 3. The SMILES string of the molecule is COC(=O)C(C)(CC1CCC1)NC1CCCCC1. The van der Waals surface area contributed by atoms with Crippen LogP contribution < -0.4 is 5.32 Å². The summed E-state index contributed by atoms with van der Waals surface area (Å²) in [5.41, 5.74) is -0.470. The van der Waals surface area contributed by atoms with Gasteiger partial charge in [-0.2, -0.15) is 0 Å². The van der Waals surface area contributed by atoms with Gasteiger partial charge in [0.15, 0.2) is 0 Å². The van der Waals surface area contributed by atoms with E-state index in [4.69, 9.17) is 4.74 Å². The van der Waals surface area contributed by atoms with Crippen LogP contribution in [-0.2, 0) is 9.53 Å². The highest BCUT2D eigenvalue weighted by Gasteiger charge is 2.39. The lowest BCUT2D eigenvalue weighted by atomic mass is 9.76. The van der Waals surface area contributed by atoms with Crippen LogP contribution in [0.25, 0.3) is 0 Å². The van der Waals surface area contributed by atoms with Crippen LogP contribution in [0.5, 0.6) is 0 Å². The number of carbonyl (C=O) groups is 1. The molecule has 0 radical (unpaired) electrons. The lowest BCUT2D eigenvalue weighted by Crippen LogP contribution is -2.56. The number of esters is 1. The fourth-order valence-electron chi connectivity index (χ4n) is 3.40. The molecular weight excluding hydrogens is 226 g/mol. The summed E-state index contributed by atoms with van der Waals surface area (Å²) in [6.45, 7) is 2.03. The van der Waals surface area contributed by atoms with Gasteiger partial charge in [-0.3, -0.25) is 10.1 Å². The summed E-state index contributed by atoms with van der Waals surface area (Å²) in [6, 6.07) is 0.503. The molecule has 0 aromatic heterocycles. The summed E-state index contributed by atoms with van der Waals surface area (Å²) in [6.07, 6.45) is 11.2. The minimum atomic E-state index is -0.470. The number of carbonyl (C=O) groups excluding carboxylic acids is 1. The van der Waals surface area contributed by atoms with E-state index in [-0.39, 0.29) is 5.97 Å². The molecule has 0 saturated heterocycles. The Labute approximate surface area is 111 Å². The van der Waals surface area contributed by atoms with Crippen molar-refractivity contribution >= 4 is 5.97 Å². The van der Waals surface area contributed by atoms with E-state index in [0.29, 0.717) is 12.0 Å². The van der Waals surface area contributed by atoms with Crippen LogP contribution in [0.4, 0.5) is 0 Å². The molecule has 2 saturated carbocycles. The van der Waals surface area contributed by atoms with Crippen molar-refractivity contribution in [3.8, 4) is 0 Å². The normalized spacial score (nSPS) is 25.2. The van der Waals surface area contributed by atoms with Crippen LogP contribution >= 0.6 is 0 Å². The van der Waals surface area contributed by atoms with Gasteiger partial charge in [-0.1, -0.05) is 38.5 Å². The Balaban J connectivity index is 1.95. The molecule has 0 aromatic carbocycles. The van der Waals surface area contributed by atoms with Gasteiger partial charge in [0.2, 0.25) is 0 Å². The first-order valence-electron chi connectivity index (χ1n) is 7.50. The Morgan fingerprint density at radius 2 is 1.83 bits per heavy atom. The van der Waals surface area contributed by atoms with Gasteiger partial charge in [0, 0.05) is 6.04 Å². The zero-order chi connectivity index (χ0) is 13.0. The molecule has 3 nitrogen and oxygen atoms in total. The monoisotopic (exact) mass is 253 g/mol. The Hall–Kier alpha value is -0.570. The third-order valence-electron chi connectivity index (χ3n) is 4.69. The Bertz CT molecular complexity index is 282. The van der Waals surface area contributed by atoms with Gasteiger partial charge in [-0.25, -0.2) is 0 Å². The number of ether oxygens (including phenoxy) is 1. The van der Waals surface area contributed by atoms with Gasteiger partial charge in [-0.05, 0) is 32.1 Å². The summed E-state index contributed by atoms with van der Waals surface area (Å²) in [5.74, 6) is 0.630. The second kappa shape index (κ2) is 6.05. The molecule has 104 valence electrons. The quantitative estimate of drug-likeness (QED) is 0.765. The molecule has 0 aromatic rings. The van der Waals surface area contributed by atoms with Gasteiger partial charge in [0.05, 0.1) is 7.11 Å². The smallest absolute Gasteiger partial charge is 0.325 e. The largest absolute Gasteiger partial charge is 0.468 e. The molecule has 1 unspecified atom stereocenters. The first-order valence-corrected chi connectivity index (χ1v) is 7.50. The van der Waals surface area contributed by atoms with Crippen LogP contribution in [-0.4, -0.2) is 24.7 Å². The second-order valence-electron chi connectivity index (χ2n) is 6.30. The van der Waals surface area contributed by atoms with Crippen LogP contribution in [0.15, 0.2) is 0 Å². The molecule has 2 aliphatic rings. The number of nitrogens with one attached hydrogen (secondary N) is 1. The maximum absolute atomic E-state index is 12.1. The van der Waals surface area contributed by atoms with Crippen molar-refractivity contribution < 1.29 is 9.53 Å². The van der Waals surface area contributed by atoms with Crippen LogP contribution in [0.2, 0.25) is 0 Å². The van der Waals surface area contributed by atoms with Gasteiger partial charge < -0.3 is 4.74 Å². The Morgan fingerprint density at radius 3 is 2.33 bits per heavy atom. The molecule has 0 aliphatic heterocycles. The highest BCUT2D eigenvalue weighted by atomic mass is 16.5. The van der Waals surface area contributed by atoms with Crippen molar-refractivity contribution in [1.82, 2.24) is 5.32 Å². The Kier molecular flexibility index (Phi) is 4.66. The minimum Gasteiger partial charge on any atom is -0.468 e. The summed E-state index contributed by atoms with van der Waals surface area (Å²) >= 11 is 0. The highest BCUT2D eigenvalue weighted by molar-refractivity contribution is 5.80. The maximum atomic E-state index is 12.1. The van der Waals surface area contributed by atoms with Crippen molar-refractivity contribution in [2.75, 3.05) is 7.11 Å². The predicted molar refractivity (Wildman–Crippen MR) is 72.4 cm³/mol. The zero-order valence-electron chi connectivity index (χ0n) is 11.8. The first kappa shape index (κ1) is 13.9. The van der Waals surface area contributed by atoms with Crippen LogP contribution in [0.3, 0.4) is 0 Å². The molecule has 0 amide bonds. The fourth-order valence-corrected chi connectivity index (χ4v) is 3.40. The Morgan fingerprint density at radius 1 is 1.17 bits per heavy atom. The molecule has 2 fully saturated rings. The molecule has 1 N–H and O–H groups in total. The minimum absolute atomic E-state index is 0.0834. The maximum Gasteiger partial charge on any atom is 0.325 e. The van der Waals surface area contributed by atoms with Gasteiger partial charge >= 0.3 is 5.97 Å². The highest BCUT2D eigenvalue weighted by Crippen LogP contribution is 2.35. The number of methoxy groups -OCH3 is 1. The van der Waals surface area contributed by atoms with Crippen LogP contribution in [0.1, 0.15) is 64.7 Å². The van der Waals surface area contributed by atoms with Crippen molar-refractivity contribution in [3.05, 3.63) is 0 Å². The standard InChI is InChI=1S/C15H27NO2/c1-15(14(17)18-2,11-12-7-6-8-12)16-13-9-4-3-5-10-13/h12-13,16H,3-11H2,1-2H3. The van der Waals surface area contributed by atoms with Gasteiger partial charge in [-0.15, -0.1) is 0 Å². The van der Waals surface area contributed by atoms with E-state index < -0.39 is 5.54 Å². The molecule has 0 heterocycles. The van der Waals surface area contributed by atoms with Crippen LogP contribution in [0, 0.1) is 5.92 Å². The number of hydrogen-bond donors (Lipinski definition) is 1. The molecule has 2 rings (SSSR count). The lowest BCUT2D eigenvalue weighted by Gasteiger charge is -2.39. The van der Waals surface area contributed by atoms with E-state index in [1.165, 1.54) is 58.5 Å². The third-order valence-corrected chi connectivity index (χ3v) is 4.69. The molecule has 0 bridgehead atoms.